The van der Waals surface area contributed by atoms with Crippen molar-refractivity contribution in [1.82, 2.24) is 4.90 Å². The average Bonchev–Trinajstić information content (AvgIpc) is 3.19. The van der Waals surface area contributed by atoms with E-state index in [2.05, 4.69) is 0 Å². The summed E-state index contributed by atoms with van der Waals surface area (Å²) in [6.45, 7) is 2.79. The van der Waals surface area contributed by atoms with Crippen LogP contribution in [0.1, 0.15) is 30.5 Å². The molecule has 0 aliphatic carbocycles. The number of allylic oxidation sites excluding steroid dienone is 1. The van der Waals surface area contributed by atoms with Crippen LogP contribution in [0.25, 0.3) is 0 Å². The molecule has 3 aromatic carbocycles. The summed E-state index contributed by atoms with van der Waals surface area (Å²) in [6.07, 6.45) is -1.66. The molecule has 1 saturated heterocycles. The molecule has 1 N–H and O–H groups in total. The van der Waals surface area contributed by atoms with E-state index in [1.54, 1.807) is 30.3 Å². The van der Waals surface area contributed by atoms with Gasteiger partial charge in [-0.2, -0.15) is 13.2 Å². The summed E-state index contributed by atoms with van der Waals surface area (Å²) >= 11 is 5.93. The van der Waals surface area contributed by atoms with E-state index in [4.69, 9.17) is 16.3 Å². The highest BCUT2D eigenvalue weighted by atomic mass is 35.5. The Morgan fingerprint density at radius 1 is 1.03 bits per heavy atom. The number of anilines is 1. The number of aliphatic hydroxyl groups excluding tert-OH is 1. The van der Waals surface area contributed by atoms with E-state index in [1.165, 1.54) is 12.1 Å². The van der Waals surface area contributed by atoms with Crippen LogP contribution >= 0.6 is 11.6 Å². The molecular weight excluding hydrogens is 477 g/mol. The first-order valence-corrected chi connectivity index (χ1v) is 11.7. The average molecular weight is 503 g/mol. The van der Waals surface area contributed by atoms with E-state index in [0.29, 0.717) is 35.2 Å². The fourth-order valence-corrected chi connectivity index (χ4v) is 4.36. The van der Waals surface area contributed by atoms with Crippen LogP contribution < -0.4 is 9.64 Å². The minimum Gasteiger partial charge on any atom is -0.457 e. The highest BCUT2D eigenvalue weighted by Gasteiger charge is 2.37. The summed E-state index contributed by atoms with van der Waals surface area (Å²) in [6, 6.07) is 19.6. The molecule has 1 aliphatic heterocycles. The lowest BCUT2D eigenvalue weighted by molar-refractivity contribution is -0.137. The number of aliphatic hydroxyl groups is 1. The van der Waals surface area contributed by atoms with Crippen LogP contribution in [0.4, 0.5) is 18.9 Å². The number of rotatable bonds is 7. The van der Waals surface area contributed by atoms with Crippen molar-refractivity contribution in [3.63, 3.8) is 0 Å². The SMILES string of the molecule is CC/C=C1/N(CCO)CC(c2cccc(C(F)(F)F)c2)N1c1ccc(Oc2ccc(Cl)cc2)cc1. The number of β-amino-alcohol motifs (C(OH)–C–C–N with tert-alkyl or cyclic N) is 1. The van der Waals surface area contributed by atoms with Gasteiger partial charge >= 0.3 is 6.18 Å². The zero-order valence-corrected chi connectivity index (χ0v) is 19.9. The van der Waals surface area contributed by atoms with Crippen molar-refractivity contribution in [1.29, 1.82) is 0 Å². The van der Waals surface area contributed by atoms with E-state index in [-0.39, 0.29) is 12.6 Å². The zero-order valence-electron chi connectivity index (χ0n) is 19.2. The quantitative estimate of drug-likeness (QED) is 0.369. The minimum absolute atomic E-state index is 0.0575. The molecular formula is C27H26ClF3N2O2. The van der Waals surface area contributed by atoms with Crippen LogP contribution in [0.15, 0.2) is 84.7 Å². The Kier molecular flexibility index (Phi) is 7.57. The molecule has 1 unspecified atom stereocenters. The van der Waals surface area contributed by atoms with Crippen molar-refractivity contribution in [2.75, 3.05) is 24.6 Å². The van der Waals surface area contributed by atoms with Crippen LogP contribution in [0.5, 0.6) is 11.5 Å². The summed E-state index contributed by atoms with van der Waals surface area (Å²) in [5.74, 6) is 2.13. The molecule has 0 radical (unpaired) electrons. The Balaban J connectivity index is 1.69. The van der Waals surface area contributed by atoms with Gasteiger partial charge in [-0.15, -0.1) is 0 Å². The molecule has 0 aromatic heterocycles. The molecule has 3 aromatic rings. The van der Waals surface area contributed by atoms with E-state index in [1.807, 2.05) is 47.1 Å². The Hall–Kier alpha value is -3.16. The highest BCUT2D eigenvalue weighted by molar-refractivity contribution is 6.30. The molecule has 1 atom stereocenters. The van der Waals surface area contributed by atoms with Gasteiger partial charge in [0.2, 0.25) is 0 Å². The Labute approximate surface area is 207 Å². The van der Waals surface area contributed by atoms with Gasteiger partial charge in [0.15, 0.2) is 0 Å². The molecule has 8 heteroatoms. The maximum Gasteiger partial charge on any atom is 0.416 e. The van der Waals surface area contributed by atoms with Crippen LogP contribution in [-0.4, -0.2) is 29.7 Å². The molecule has 0 spiro atoms. The molecule has 4 rings (SSSR count). The third-order valence-corrected chi connectivity index (χ3v) is 6.05. The Morgan fingerprint density at radius 2 is 1.69 bits per heavy atom. The van der Waals surface area contributed by atoms with Crippen molar-refractivity contribution >= 4 is 17.3 Å². The van der Waals surface area contributed by atoms with Gasteiger partial charge in [0.25, 0.3) is 0 Å². The standard InChI is InChI=1S/C27H26ClF3N2O2/c1-2-4-26-32(15-16-34)18-25(19-5-3-6-20(17-19)27(29,30)31)33(26)22-9-13-24(14-10-22)35-23-11-7-21(28)8-12-23/h3-14,17,25,34H,2,15-16,18H2,1H3/b26-4-. The lowest BCUT2D eigenvalue weighted by Gasteiger charge is -2.28. The van der Waals surface area contributed by atoms with Crippen LogP contribution in [0.3, 0.4) is 0 Å². The molecule has 4 nitrogen and oxygen atoms in total. The van der Waals surface area contributed by atoms with Crippen molar-refractivity contribution in [3.05, 3.63) is 101 Å². The Bertz CT molecular complexity index is 1160. The first-order chi connectivity index (χ1) is 16.8. The van der Waals surface area contributed by atoms with Crippen molar-refractivity contribution < 1.29 is 23.0 Å². The van der Waals surface area contributed by atoms with Gasteiger partial charge in [-0.25, -0.2) is 0 Å². The second kappa shape index (κ2) is 10.6. The monoisotopic (exact) mass is 502 g/mol. The second-order valence-corrected chi connectivity index (χ2v) is 8.64. The van der Waals surface area contributed by atoms with Crippen molar-refractivity contribution in [2.24, 2.45) is 0 Å². The molecule has 0 saturated carbocycles. The predicted octanol–water partition coefficient (Wildman–Crippen LogP) is 7.26. The van der Waals surface area contributed by atoms with E-state index in [9.17, 15) is 18.3 Å². The van der Waals surface area contributed by atoms with Gasteiger partial charge in [0.05, 0.1) is 18.2 Å². The minimum atomic E-state index is -4.42. The number of hydrogen-bond acceptors (Lipinski definition) is 4. The summed E-state index contributed by atoms with van der Waals surface area (Å²) in [7, 11) is 0. The zero-order chi connectivity index (χ0) is 25.0. The van der Waals surface area contributed by atoms with Gasteiger partial charge in [-0.3, -0.25) is 0 Å². The third kappa shape index (κ3) is 5.74. The predicted molar refractivity (Wildman–Crippen MR) is 132 cm³/mol. The normalized spacial score (nSPS) is 17.3. The third-order valence-electron chi connectivity index (χ3n) is 5.80. The lowest BCUT2D eigenvalue weighted by atomic mass is 10.0. The summed E-state index contributed by atoms with van der Waals surface area (Å²) < 4.78 is 46.2. The molecule has 1 aliphatic rings. The largest absolute Gasteiger partial charge is 0.457 e. The highest BCUT2D eigenvalue weighted by Crippen LogP contribution is 2.41. The van der Waals surface area contributed by atoms with Gasteiger partial charge < -0.3 is 19.6 Å². The van der Waals surface area contributed by atoms with E-state index < -0.39 is 11.7 Å². The van der Waals surface area contributed by atoms with E-state index >= 15 is 0 Å². The first-order valence-electron chi connectivity index (χ1n) is 11.4. The van der Waals surface area contributed by atoms with Gasteiger partial charge in [-0.05, 0) is 78.7 Å². The molecule has 35 heavy (non-hydrogen) atoms. The Morgan fingerprint density at radius 3 is 2.29 bits per heavy atom. The van der Waals surface area contributed by atoms with Crippen LogP contribution in [0.2, 0.25) is 5.02 Å². The fraction of sp³-hybridized carbons (Fsp3) is 0.259. The maximum atomic E-state index is 13.4. The number of alkyl halides is 3. The molecule has 0 bridgehead atoms. The van der Waals surface area contributed by atoms with Gasteiger partial charge in [-0.1, -0.05) is 30.7 Å². The molecule has 1 heterocycles. The van der Waals surface area contributed by atoms with Crippen molar-refractivity contribution in [3.8, 4) is 11.5 Å². The van der Waals surface area contributed by atoms with Gasteiger partial charge in [0.1, 0.15) is 17.3 Å². The van der Waals surface area contributed by atoms with Crippen LogP contribution in [0, 0.1) is 0 Å². The van der Waals surface area contributed by atoms with Crippen LogP contribution in [-0.2, 0) is 6.18 Å². The first kappa shape index (κ1) is 24.9. The van der Waals surface area contributed by atoms with E-state index in [0.717, 1.165) is 24.0 Å². The topological polar surface area (TPSA) is 35.9 Å². The molecule has 0 amide bonds. The van der Waals surface area contributed by atoms with Gasteiger partial charge in [0, 0.05) is 23.8 Å². The van der Waals surface area contributed by atoms with Crippen molar-refractivity contribution in [2.45, 2.75) is 25.6 Å². The summed E-state index contributed by atoms with van der Waals surface area (Å²) in [5.41, 5.74) is 0.697. The smallest absolute Gasteiger partial charge is 0.416 e. The fourth-order valence-electron chi connectivity index (χ4n) is 4.23. The number of ether oxygens (including phenoxy) is 1. The summed E-state index contributed by atoms with van der Waals surface area (Å²) in [4.78, 5) is 4.03. The number of halogens is 4. The number of nitrogens with zero attached hydrogens (tertiary/aromatic N) is 2. The molecule has 184 valence electrons. The second-order valence-electron chi connectivity index (χ2n) is 8.20. The molecule has 1 fully saturated rings. The maximum absolute atomic E-state index is 13.4. The summed E-state index contributed by atoms with van der Waals surface area (Å²) in [5, 5.41) is 10.2. The lowest BCUT2D eigenvalue weighted by Crippen LogP contribution is -2.26. The number of benzene rings is 3. The number of hydrogen-bond donors (Lipinski definition) is 1.